The van der Waals surface area contributed by atoms with Gasteiger partial charge in [-0.2, -0.15) is 5.10 Å². The molecule has 108 valence electrons. The van der Waals surface area contributed by atoms with Gasteiger partial charge in [-0.1, -0.05) is 12.8 Å². The van der Waals surface area contributed by atoms with Crippen LogP contribution in [0.3, 0.4) is 0 Å². The zero-order valence-corrected chi connectivity index (χ0v) is 11.7. The van der Waals surface area contributed by atoms with Gasteiger partial charge in [0.05, 0.1) is 24.4 Å². The normalized spacial score (nSPS) is 18.0. The van der Waals surface area contributed by atoms with Crippen molar-refractivity contribution in [2.45, 2.75) is 50.8 Å². The Kier molecular flexibility index (Phi) is 5.82. The first-order chi connectivity index (χ1) is 9.29. The molecule has 1 aromatic heterocycles. The Morgan fingerprint density at radius 3 is 3.05 bits per heavy atom. The molecule has 1 aliphatic carbocycles. The largest absolute Gasteiger partial charge is 0.391 e. The third-order valence-corrected chi connectivity index (χ3v) is 3.68. The molecule has 5 heteroatoms. The quantitative estimate of drug-likeness (QED) is 0.701. The molecule has 0 aromatic carbocycles. The highest BCUT2D eigenvalue weighted by molar-refractivity contribution is 4.99. The summed E-state index contributed by atoms with van der Waals surface area (Å²) in [5.74, 6) is 0. The summed E-state index contributed by atoms with van der Waals surface area (Å²) in [5, 5.41) is 17.4. The molecular formula is C14H25N3O2. The van der Waals surface area contributed by atoms with E-state index in [0.29, 0.717) is 19.1 Å². The molecule has 0 amide bonds. The Labute approximate surface area is 115 Å². The first kappa shape index (κ1) is 14.5. The van der Waals surface area contributed by atoms with E-state index in [0.717, 1.165) is 18.8 Å². The fourth-order valence-electron chi connectivity index (χ4n) is 2.60. The summed E-state index contributed by atoms with van der Waals surface area (Å²) in [6.45, 7) is 1.94. The fourth-order valence-corrected chi connectivity index (χ4v) is 2.60. The number of hydrogen-bond acceptors (Lipinski definition) is 4. The number of methoxy groups -OCH3 is 1. The van der Waals surface area contributed by atoms with Gasteiger partial charge in [0.2, 0.25) is 0 Å². The van der Waals surface area contributed by atoms with Gasteiger partial charge in [0.1, 0.15) is 0 Å². The van der Waals surface area contributed by atoms with Gasteiger partial charge in [0.25, 0.3) is 0 Å². The van der Waals surface area contributed by atoms with Crippen molar-refractivity contribution in [3.05, 3.63) is 18.0 Å². The van der Waals surface area contributed by atoms with Crippen molar-refractivity contribution in [2.75, 3.05) is 20.3 Å². The highest BCUT2D eigenvalue weighted by Gasteiger charge is 2.17. The Balaban J connectivity index is 1.66. The van der Waals surface area contributed by atoms with Crippen molar-refractivity contribution in [2.24, 2.45) is 0 Å². The lowest BCUT2D eigenvalue weighted by Crippen LogP contribution is -2.23. The topological polar surface area (TPSA) is 59.3 Å². The van der Waals surface area contributed by atoms with E-state index in [1.54, 1.807) is 7.11 Å². The van der Waals surface area contributed by atoms with Gasteiger partial charge in [-0.25, -0.2) is 0 Å². The van der Waals surface area contributed by atoms with Crippen LogP contribution in [0.5, 0.6) is 0 Å². The number of aliphatic hydroxyl groups excluding tert-OH is 1. The van der Waals surface area contributed by atoms with Crippen LogP contribution in [-0.2, 0) is 11.3 Å². The van der Waals surface area contributed by atoms with Gasteiger partial charge in [-0.05, 0) is 31.9 Å². The van der Waals surface area contributed by atoms with Crippen molar-refractivity contribution in [3.63, 3.8) is 0 Å². The minimum absolute atomic E-state index is 0.381. The number of rotatable bonds is 8. The van der Waals surface area contributed by atoms with Crippen LogP contribution in [0.15, 0.2) is 12.3 Å². The van der Waals surface area contributed by atoms with Crippen LogP contribution in [0.4, 0.5) is 0 Å². The summed E-state index contributed by atoms with van der Waals surface area (Å²) >= 11 is 0. The third kappa shape index (κ3) is 4.60. The zero-order valence-electron chi connectivity index (χ0n) is 11.7. The minimum Gasteiger partial charge on any atom is -0.391 e. The highest BCUT2D eigenvalue weighted by Crippen LogP contribution is 2.28. The molecule has 0 radical (unpaired) electrons. The predicted octanol–water partition coefficient (Wildman–Crippen LogP) is 1.49. The van der Waals surface area contributed by atoms with Gasteiger partial charge < -0.3 is 15.2 Å². The molecule has 1 saturated carbocycles. The number of aliphatic hydroxyl groups is 1. The summed E-state index contributed by atoms with van der Waals surface area (Å²) in [5.41, 5.74) is 1.08. The molecule has 1 fully saturated rings. The second-order valence-corrected chi connectivity index (χ2v) is 5.30. The molecule has 5 nitrogen and oxygen atoms in total. The standard InChI is InChI=1S/C14H25N3O2/c1-19-11-14(18)6-8-15-10-12-7-9-17(16-12)13-4-2-3-5-13/h7,9,13-15,18H,2-6,8,10-11H2,1H3. The fraction of sp³-hybridized carbons (Fsp3) is 0.786. The van der Waals surface area contributed by atoms with Crippen molar-refractivity contribution in [1.29, 1.82) is 0 Å². The van der Waals surface area contributed by atoms with Crippen LogP contribution in [-0.4, -0.2) is 41.3 Å². The number of nitrogens with zero attached hydrogens (tertiary/aromatic N) is 2. The molecule has 19 heavy (non-hydrogen) atoms. The Hall–Kier alpha value is -0.910. The molecule has 0 bridgehead atoms. The number of nitrogens with one attached hydrogen (secondary N) is 1. The summed E-state index contributed by atoms with van der Waals surface area (Å²) in [6.07, 6.45) is 7.60. The minimum atomic E-state index is -0.381. The van der Waals surface area contributed by atoms with Crippen molar-refractivity contribution >= 4 is 0 Å². The lowest BCUT2D eigenvalue weighted by Gasteiger charge is -2.10. The molecule has 1 heterocycles. The van der Waals surface area contributed by atoms with Crippen LogP contribution in [0, 0.1) is 0 Å². The van der Waals surface area contributed by atoms with Gasteiger partial charge in [0.15, 0.2) is 0 Å². The first-order valence-electron chi connectivity index (χ1n) is 7.21. The number of aromatic nitrogens is 2. The second kappa shape index (κ2) is 7.62. The zero-order chi connectivity index (χ0) is 13.5. The van der Waals surface area contributed by atoms with E-state index in [1.165, 1.54) is 25.7 Å². The predicted molar refractivity (Wildman–Crippen MR) is 73.9 cm³/mol. The summed E-state index contributed by atoms with van der Waals surface area (Å²) < 4.78 is 7.00. The van der Waals surface area contributed by atoms with Crippen molar-refractivity contribution < 1.29 is 9.84 Å². The summed E-state index contributed by atoms with van der Waals surface area (Å²) in [6, 6.07) is 2.69. The molecular weight excluding hydrogens is 242 g/mol. The average Bonchev–Trinajstić information content (AvgIpc) is 3.05. The summed E-state index contributed by atoms with van der Waals surface area (Å²) in [7, 11) is 1.60. The van der Waals surface area contributed by atoms with Crippen LogP contribution < -0.4 is 5.32 Å². The monoisotopic (exact) mass is 267 g/mol. The number of ether oxygens (including phenoxy) is 1. The molecule has 1 unspecified atom stereocenters. The molecule has 0 aliphatic heterocycles. The van der Waals surface area contributed by atoms with E-state index in [4.69, 9.17) is 4.74 Å². The molecule has 0 saturated heterocycles. The van der Waals surface area contributed by atoms with Crippen molar-refractivity contribution in [3.8, 4) is 0 Å². The van der Waals surface area contributed by atoms with E-state index < -0.39 is 0 Å². The van der Waals surface area contributed by atoms with Gasteiger partial charge in [-0.3, -0.25) is 4.68 Å². The first-order valence-corrected chi connectivity index (χ1v) is 7.21. The van der Waals surface area contributed by atoms with Gasteiger partial charge in [0, 0.05) is 19.9 Å². The van der Waals surface area contributed by atoms with E-state index in [2.05, 4.69) is 27.4 Å². The maximum Gasteiger partial charge on any atom is 0.0785 e. The van der Waals surface area contributed by atoms with E-state index in [9.17, 15) is 5.11 Å². The van der Waals surface area contributed by atoms with Crippen LogP contribution in [0.25, 0.3) is 0 Å². The lowest BCUT2D eigenvalue weighted by molar-refractivity contribution is 0.0594. The highest BCUT2D eigenvalue weighted by atomic mass is 16.5. The van der Waals surface area contributed by atoms with E-state index in [1.807, 2.05) is 0 Å². The number of hydrogen-bond donors (Lipinski definition) is 2. The molecule has 2 rings (SSSR count). The summed E-state index contributed by atoms with van der Waals surface area (Å²) in [4.78, 5) is 0. The Morgan fingerprint density at radius 1 is 1.53 bits per heavy atom. The third-order valence-electron chi connectivity index (χ3n) is 3.68. The molecule has 0 spiro atoms. The van der Waals surface area contributed by atoms with Crippen LogP contribution >= 0.6 is 0 Å². The average molecular weight is 267 g/mol. The molecule has 1 aliphatic rings. The maximum absolute atomic E-state index is 9.51. The van der Waals surface area contributed by atoms with Gasteiger partial charge in [-0.15, -0.1) is 0 Å². The SMILES string of the molecule is COCC(O)CCNCc1ccn(C2CCCC2)n1. The lowest BCUT2D eigenvalue weighted by atomic mass is 10.2. The Morgan fingerprint density at radius 2 is 2.32 bits per heavy atom. The smallest absolute Gasteiger partial charge is 0.0785 e. The maximum atomic E-state index is 9.51. The molecule has 2 N–H and O–H groups in total. The Bertz CT molecular complexity index is 361. The van der Waals surface area contributed by atoms with Gasteiger partial charge >= 0.3 is 0 Å². The van der Waals surface area contributed by atoms with E-state index in [-0.39, 0.29) is 6.10 Å². The second-order valence-electron chi connectivity index (χ2n) is 5.30. The molecule has 1 atom stereocenters. The van der Waals surface area contributed by atoms with E-state index >= 15 is 0 Å². The van der Waals surface area contributed by atoms with Crippen molar-refractivity contribution in [1.82, 2.24) is 15.1 Å². The van der Waals surface area contributed by atoms with Crippen LogP contribution in [0.2, 0.25) is 0 Å². The molecule has 1 aromatic rings. The van der Waals surface area contributed by atoms with Crippen LogP contribution in [0.1, 0.15) is 43.8 Å².